The van der Waals surface area contributed by atoms with Gasteiger partial charge in [0.2, 0.25) is 11.8 Å². The average Bonchev–Trinajstić information content (AvgIpc) is 2.87. The van der Waals surface area contributed by atoms with Crippen LogP contribution < -0.4 is 14.8 Å². The standard InChI is InChI=1S/C27H33FN2O4/c1-19(27(32)29-22-8-3-2-4-9-22)30(18-21-7-5-6-10-23(21)28)26(31)14-12-20-11-13-24-25(17-20)34-16-15-33-24/h5-7,10-11,13,17,19,22H,2-4,8-9,12,14-16,18H2,1H3,(H,29,32). The summed E-state index contributed by atoms with van der Waals surface area (Å²) in [4.78, 5) is 27.9. The minimum Gasteiger partial charge on any atom is -0.486 e. The predicted molar refractivity (Wildman–Crippen MR) is 127 cm³/mol. The molecule has 2 aromatic rings. The highest BCUT2D eigenvalue weighted by Crippen LogP contribution is 2.31. The van der Waals surface area contributed by atoms with Crippen LogP contribution in [0.5, 0.6) is 11.5 Å². The Balaban J connectivity index is 1.45. The lowest BCUT2D eigenvalue weighted by molar-refractivity contribution is -0.141. The van der Waals surface area contributed by atoms with Gasteiger partial charge < -0.3 is 19.7 Å². The van der Waals surface area contributed by atoms with Gasteiger partial charge in [-0.25, -0.2) is 4.39 Å². The first-order chi connectivity index (χ1) is 16.5. The van der Waals surface area contributed by atoms with Crippen molar-refractivity contribution < 1.29 is 23.5 Å². The predicted octanol–water partition coefficient (Wildman–Crippen LogP) is 4.40. The van der Waals surface area contributed by atoms with E-state index in [2.05, 4.69) is 5.32 Å². The van der Waals surface area contributed by atoms with Crippen LogP contribution in [0, 0.1) is 5.82 Å². The fraction of sp³-hybridized carbons (Fsp3) is 0.481. The molecule has 0 spiro atoms. The summed E-state index contributed by atoms with van der Waals surface area (Å²) in [7, 11) is 0. The van der Waals surface area contributed by atoms with Crippen molar-refractivity contribution >= 4 is 11.8 Å². The molecule has 2 aromatic carbocycles. The van der Waals surface area contributed by atoms with E-state index < -0.39 is 6.04 Å². The number of fused-ring (bicyclic) bond motifs is 1. The number of halogens is 1. The second-order valence-corrected chi connectivity index (χ2v) is 9.11. The van der Waals surface area contributed by atoms with Crippen LogP contribution in [0.4, 0.5) is 4.39 Å². The Kier molecular flexibility index (Phi) is 8.03. The van der Waals surface area contributed by atoms with Crippen LogP contribution in [0.2, 0.25) is 0 Å². The number of rotatable bonds is 8. The van der Waals surface area contributed by atoms with Gasteiger partial charge in [0.15, 0.2) is 11.5 Å². The van der Waals surface area contributed by atoms with Crippen molar-refractivity contribution in [1.82, 2.24) is 10.2 Å². The minimum absolute atomic E-state index is 0.0475. The summed E-state index contributed by atoms with van der Waals surface area (Å²) in [6.07, 6.45) is 6.02. The molecule has 1 aliphatic heterocycles. The molecular formula is C27H33FN2O4. The molecule has 1 fully saturated rings. The molecule has 4 rings (SSSR count). The van der Waals surface area contributed by atoms with Crippen LogP contribution in [0.15, 0.2) is 42.5 Å². The third-order valence-corrected chi connectivity index (χ3v) is 6.65. The molecule has 2 aliphatic rings. The van der Waals surface area contributed by atoms with Gasteiger partial charge in [-0.2, -0.15) is 0 Å². The number of amides is 2. The van der Waals surface area contributed by atoms with Crippen LogP contribution in [0.3, 0.4) is 0 Å². The van der Waals surface area contributed by atoms with Gasteiger partial charge in [0.05, 0.1) is 0 Å². The number of hydrogen-bond donors (Lipinski definition) is 1. The van der Waals surface area contributed by atoms with Gasteiger partial charge in [-0.1, -0.05) is 43.5 Å². The van der Waals surface area contributed by atoms with Crippen molar-refractivity contribution in [1.29, 1.82) is 0 Å². The molecule has 1 N–H and O–H groups in total. The monoisotopic (exact) mass is 468 g/mol. The molecule has 1 aliphatic carbocycles. The van der Waals surface area contributed by atoms with E-state index >= 15 is 0 Å². The molecule has 182 valence electrons. The summed E-state index contributed by atoms with van der Waals surface area (Å²) in [5.74, 6) is 0.627. The number of aryl methyl sites for hydroxylation is 1. The highest BCUT2D eigenvalue weighted by molar-refractivity contribution is 5.87. The summed E-state index contributed by atoms with van der Waals surface area (Å²) in [5.41, 5.74) is 1.34. The summed E-state index contributed by atoms with van der Waals surface area (Å²) < 4.78 is 25.6. The van der Waals surface area contributed by atoms with Crippen LogP contribution in [-0.4, -0.2) is 42.0 Å². The maximum Gasteiger partial charge on any atom is 0.242 e. The minimum atomic E-state index is -0.700. The molecule has 0 radical (unpaired) electrons. The SMILES string of the molecule is CC(C(=O)NC1CCCCC1)N(Cc1ccccc1F)C(=O)CCc1ccc2c(c1)OCCO2. The van der Waals surface area contributed by atoms with Gasteiger partial charge in [0, 0.05) is 24.6 Å². The maximum atomic E-state index is 14.4. The van der Waals surface area contributed by atoms with E-state index in [1.165, 1.54) is 17.4 Å². The number of ether oxygens (including phenoxy) is 2. The number of carbonyl (C=O) groups is 2. The maximum absolute atomic E-state index is 14.4. The second-order valence-electron chi connectivity index (χ2n) is 9.11. The Morgan fingerprint density at radius 2 is 1.79 bits per heavy atom. The molecule has 0 bridgehead atoms. The lowest BCUT2D eigenvalue weighted by Gasteiger charge is -2.31. The van der Waals surface area contributed by atoms with Crippen molar-refractivity contribution in [3.05, 3.63) is 59.4 Å². The van der Waals surface area contributed by atoms with Crippen molar-refractivity contribution in [3.63, 3.8) is 0 Å². The molecule has 0 aromatic heterocycles. The van der Waals surface area contributed by atoms with Crippen molar-refractivity contribution in [2.75, 3.05) is 13.2 Å². The topological polar surface area (TPSA) is 67.9 Å². The normalized spacial score (nSPS) is 16.5. The number of nitrogens with one attached hydrogen (secondary N) is 1. The first kappa shape index (κ1) is 24.0. The van der Waals surface area contributed by atoms with E-state index in [0.29, 0.717) is 36.7 Å². The summed E-state index contributed by atoms with van der Waals surface area (Å²) in [5, 5.41) is 3.11. The van der Waals surface area contributed by atoms with Crippen molar-refractivity contribution in [2.45, 2.75) is 70.5 Å². The number of nitrogens with zero attached hydrogens (tertiary/aromatic N) is 1. The fourth-order valence-electron chi connectivity index (χ4n) is 4.60. The van der Waals surface area contributed by atoms with E-state index in [1.54, 1.807) is 25.1 Å². The average molecular weight is 469 g/mol. The van der Waals surface area contributed by atoms with Crippen LogP contribution in [-0.2, 0) is 22.6 Å². The molecule has 0 saturated heterocycles. The lowest BCUT2D eigenvalue weighted by atomic mass is 9.95. The molecule has 1 unspecified atom stereocenters. The third kappa shape index (κ3) is 6.07. The zero-order valence-electron chi connectivity index (χ0n) is 19.7. The van der Waals surface area contributed by atoms with E-state index in [9.17, 15) is 14.0 Å². The summed E-state index contributed by atoms with van der Waals surface area (Å²) >= 11 is 0. The van der Waals surface area contributed by atoms with E-state index in [1.807, 2.05) is 18.2 Å². The molecule has 1 atom stereocenters. The third-order valence-electron chi connectivity index (χ3n) is 6.65. The fourth-order valence-corrected chi connectivity index (χ4v) is 4.60. The van der Waals surface area contributed by atoms with Crippen LogP contribution in [0.25, 0.3) is 0 Å². The first-order valence-corrected chi connectivity index (χ1v) is 12.2. The number of carbonyl (C=O) groups excluding carboxylic acids is 2. The lowest BCUT2D eigenvalue weighted by Crippen LogP contribution is -2.50. The first-order valence-electron chi connectivity index (χ1n) is 12.2. The molecule has 6 nitrogen and oxygen atoms in total. The molecule has 1 saturated carbocycles. The van der Waals surface area contributed by atoms with Crippen LogP contribution >= 0.6 is 0 Å². The molecule has 7 heteroatoms. The smallest absolute Gasteiger partial charge is 0.242 e. The van der Waals surface area contributed by atoms with Gasteiger partial charge in [0.1, 0.15) is 25.1 Å². The van der Waals surface area contributed by atoms with Gasteiger partial charge in [0.25, 0.3) is 0 Å². The highest BCUT2D eigenvalue weighted by Gasteiger charge is 2.28. The zero-order chi connectivity index (χ0) is 23.9. The zero-order valence-corrected chi connectivity index (χ0v) is 19.7. The molecule has 2 amide bonds. The Hall–Kier alpha value is -3.09. The Bertz CT molecular complexity index is 1010. The van der Waals surface area contributed by atoms with Crippen molar-refractivity contribution in [3.8, 4) is 11.5 Å². The van der Waals surface area contributed by atoms with E-state index in [0.717, 1.165) is 31.2 Å². The molecule has 34 heavy (non-hydrogen) atoms. The Morgan fingerprint density at radius 1 is 1.06 bits per heavy atom. The summed E-state index contributed by atoms with van der Waals surface area (Å²) in [6.45, 7) is 2.79. The van der Waals surface area contributed by atoms with E-state index in [4.69, 9.17) is 9.47 Å². The molecular weight excluding hydrogens is 435 g/mol. The molecule has 1 heterocycles. The van der Waals surface area contributed by atoms with E-state index in [-0.39, 0.29) is 36.6 Å². The number of hydrogen-bond acceptors (Lipinski definition) is 4. The van der Waals surface area contributed by atoms with Gasteiger partial charge in [-0.15, -0.1) is 0 Å². The van der Waals surface area contributed by atoms with Gasteiger partial charge in [-0.05, 0) is 49.9 Å². The highest BCUT2D eigenvalue weighted by atomic mass is 19.1. The Morgan fingerprint density at radius 3 is 2.56 bits per heavy atom. The van der Waals surface area contributed by atoms with Gasteiger partial charge in [-0.3, -0.25) is 9.59 Å². The largest absolute Gasteiger partial charge is 0.486 e. The van der Waals surface area contributed by atoms with Crippen molar-refractivity contribution in [2.24, 2.45) is 0 Å². The van der Waals surface area contributed by atoms with Crippen LogP contribution in [0.1, 0.15) is 56.6 Å². The Labute approximate surface area is 200 Å². The second kappa shape index (κ2) is 11.4. The summed E-state index contributed by atoms with van der Waals surface area (Å²) in [6, 6.07) is 11.5. The van der Waals surface area contributed by atoms with Gasteiger partial charge >= 0.3 is 0 Å². The quantitative estimate of drug-likeness (QED) is 0.624. The number of benzene rings is 2.